The van der Waals surface area contributed by atoms with E-state index in [1.807, 2.05) is 0 Å². The first-order valence-electron chi connectivity index (χ1n) is 12.2. The lowest BCUT2D eigenvalue weighted by Gasteiger charge is -2.17. The number of benzene rings is 4. The van der Waals surface area contributed by atoms with Crippen LogP contribution in [0.1, 0.15) is 47.6 Å². The molecular weight excluding hydrogens is 410 g/mol. The third-order valence-corrected chi connectivity index (χ3v) is 7.20. The third-order valence-electron chi connectivity index (χ3n) is 7.20. The van der Waals surface area contributed by atoms with Crippen LogP contribution in [0.25, 0.3) is 44.4 Å². The van der Waals surface area contributed by atoms with E-state index in [0.717, 1.165) is 17.8 Å². The lowest BCUT2D eigenvalue weighted by molar-refractivity contribution is 0.876. The van der Waals surface area contributed by atoms with Gasteiger partial charge in [0.15, 0.2) is 0 Å². The highest BCUT2D eigenvalue weighted by Gasteiger charge is 2.24. The number of nitrogens with zero attached hydrogens (tertiary/aromatic N) is 1. The van der Waals surface area contributed by atoms with Crippen molar-refractivity contribution in [1.82, 2.24) is 4.98 Å². The molecule has 0 bridgehead atoms. The number of aromatic nitrogens is 1. The van der Waals surface area contributed by atoms with E-state index >= 15 is 0 Å². The van der Waals surface area contributed by atoms with Gasteiger partial charge in [-0.2, -0.15) is 0 Å². The van der Waals surface area contributed by atoms with Crippen molar-refractivity contribution in [1.29, 1.82) is 0 Å². The summed E-state index contributed by atoms with van der Waals surface area (Å²) < 4.78 is 0. The predicted octanol–water partition coefficient (Wildman–Crippen LogP) is 8.88. The first-order valence-corrected chi connectivity index (χ1v) is 12.2. The Kier molecular flexibility index (Phi) is 4.88. The van der Waals surface area contributed by atoms with E-state index in [0.29, 0.717) is 5.92 Å². The molecule has 0 fully saturated rings. The zero-order chi connectivity index (χ0) is 23.4. The molecule has 1 aromatic heterocycles. The van der Waals surface area contributed by atoms with Gasteiger partial charge in [0.1, 0.15) is 0 Å². The van der Waals surface area contributed by atoms with Crippen LogP contribution in [0.3, 0.4) is 0 Å². The summed E-state index contributed by atoms with van der Waals surface area (Å²) in [6, 6.07) is 31.3. The summed E-state index contributed by atoms with van der Waals surface area (Å²) in [7, 11) is 0. The number of hydrogen-bond acceptors (Lipinski definition) is 1. The van der Waals surface area contributed by atoms with Crippen LogP contribution in [-0.2, 0) is 6.42 Å². The van der Waals surface area contributed by atoms with E-state index in [1.54, 1.807) is 0 Å². The lowest BCUT2D eigenvalue weighted by Crippen LogP contribution is -1.98. The van der Waals surface area contributed by atoms with Gasteiger partial charge in [-0.3, -0.25) is 0 Å². The molecule has 0 spiro atoms. The van der Waals surface area contributed by atoms with Gasteiger partial charge in [0.2, 0.25) is 0 Å². The highest BCUT2D eigenvalue weighted by molar-refractivity contribution is 6.01. The zero-order valence-corrected chi connectivity index (χ0v) is 20.3. The Balaban J connectivity index is 1.68. The Bertz CT molecular complexity index is 1550. The van der Waals surface area contributed by atoms with E-state index in [4.69, 9.17) is 4.98 Å². The van der Waals surface area contributed by atoms with E-state index in [2.05, 4.69) is 113 Å². The molecule has 1 nitrogen and oxygen atoms in total. The molecule has 6 rings (SSSR count). The predicted molar refractivity (Wildman–Crippen MR) is 144 cm³/mol. The monoisotopic (exact) mass is 439 g/mol. The van der Waals surface area contributed by atoms with Crippen molar-refractivity contribution in [3.8, 4) is 33.6 Å². The number of rotatable bonds is 3. The van der Waals surface area contributed by atoms with Crippen molar-refractivity contribution < 1.29 is 0 Å². The summed E-state index contributed by atoms with van der Waals surface area (Å²) >= 11 is 0. The van der Waals surface area contributed by atoms with Crippen LogP contribution in [0.5, 0.6) is 0 Å². The zero-order valence-electron chi connectivity index (χ0n) is 20.3. The summed E-state index contributed by atoms with van der Waals surface area (Å²) in [5.74, 6) is 0.442. The second kappa shape index (κ2) is 7.95. The fourth-order valence-electron chi connectivity index (χ4n) is 5.47. The molecule has 0 atom stereocenters. The van der Waals surface area contributed by atoms with Gasteiger partial charge in [-0.25, -0.2) is 4.98 Å². The highest BCUT2D eigenvalue weighted by Crippen LogP contribution is 2.44. The maximum Gasteiger partial charge on any atom is 0.0791 e. The molecule has 4 aromatic carbocycles. The quantitative estimate of drug-likeness (QED) is 0.268. The van der Waals surface area contributed by atoms with Gasteiger partial charge in [-0.1, -0.05) is 92.2 Å². The largest absolute Gasteiger partial charge is 0.247 e. The standard InChI is InChI=1S/C33H29N/c1-20(2)25-10-7-11-27-30(25)19-32(23-14-12-21(3)13-15-23)34-33(27)31-17-22(4)16-28-26-9-6-5-8-24(26)18-29(28)31/h5-17,19-20H,18H2,1-4H3. The Hall–Kier alpha value is -3.71. The molecule has 0 saturated heterocycles. The minimum absolute atomic E-state index is 0.442. The SMILES string of the molecule is Cc1ccc(-c2cc3c(C(C)C)cccc3c(-c3cc(C)cc4c3Cc3ccccc3-4)n2)cc1. The second-order valence-corrected chi connectivity index (χ2v) is 9.99. The van der Waals surface area contributed by atoms with Crippen molar-refractivity contribution in [3.05, 3.63) is 113 Å². The Morgan fingerprint density at radius 1 is 0.676 bits per heavy atom. The molecule has 1 aliphatic rings. The van der Waals surface area contributed by atoms with Crippen molar-refractivity contribution >= 4 is 10.8 Å². The molecule has 1 aliphatic carbocycles. The first kappa shape index (κ1) is 20.9. The maximum absolute atomic E-state index is 5.35. The molecule has 0 amide bonds. The average molecular weight is 440 g/mol. The first-order chi connectivity index (χ1) is 16.5. The highest BCUT2D eigenvalue weighted by atomic mass is 14.7. The number of aryl methyl sites for hydroxylation is 2. The van der Waals surface area contributed by atoms with Gasteiger partial charge in [-0.15, -0.1) is 0 Å². The summed E-state index contributed by atoms with van der Waals surface area (Å²) in [6.07, 6.45) is 0.961. The summed E-state index contributed by atoms with van der Waals surface area (Å²) in [5, 5.41) is 2.55. The molecule has 1 heteroatoms. The summed E-state index contributed by atoms with van der Waals surface area (Å²) in [5.41, 5.74) is 14.0. The second-order valence-electron chi connectivity index (χ2n) is 9.99. The van der Waals surface area contributed by atoms with Crippen LogP contribution in [0.15, 0.2) is 84.9 Å². The smallest absolute Gasteiger partial charge is 0.0791 e. The molecule has 0 aliphatic heterocycles. The fourth-order valence-corrected chi connectivity index (χ4v) is 5.47. The van der Waals surface area contributed by atoms with Gasteiger partial charge in [0, 0.05) is 16.5 Å². The topological polar surface area (TPSA) is 12.9 Å². The third kappa shape index (κ3) is 3.35. The van der Waals surface area contributed by atoms with E-state index in [-0.39, 0.29) is 0 Å². The fraction of sp³-hybridized carbons (Fsp3) is 0.182. The molecule has 1 heterocycles. The molecule has 5 aromatic rings. The average Bonchev–Trinajstić information content (AvgIpc) is 3.21. The van der Waals surface area contributed by atoms with Gasteiger partial charge in [0.25, 0.3) is 0 Å². The summed E-state index contributed by atoms with van der Waals surface area (Å²) in [6.45, 7) is 8.90. The van der Waals surface area contributed by atoms with Crippen LogP contribution >= 0.6 is 0 Å². The van der Waals surface area contributed by atoms with Crippen LogP contribution in [0.4, 0.5) is 0 Å². The van der Waals surface area contributed by atoms with Gasteiger partial charge in [-0.05, 0) is 77.1 Å². The molecule has 0 radical (unpaired) electrons. The molecule has 0 N–H and O–H groups in total. The van der Waals surface area contributed by atoms with Crippen LogP contribution in [0.2, 0.25) is 0 Å². The van der Waals surface area contributed by atoms with E-state index in [9.17, 15) is 0 Å². The number of hydrogen-bond donors (Lipinski definition) is 0. The molecule has 166 valence electrons. The van der Waals surface area contributed by atoms with Crippen molar-refractivity contribution in [3.63, 3.8) is 0 Å². The van der Waals surface area contributed by atoms with Crippen molar-refractivity contribution in [2.75, 3.05) is 0 Å². The summed E-state index contributed by atoms with van der Waals surface area (Å²) in [4.78, 5) is 5.35. The van der Waals surface area contributed by atoms with Crippen molar-refractivity contribution in [2.24, 2.45) is 0 Å². The number of fused-ring (bicyclic) bond motifs is 4. The normalized spacial score (nSPS) is 12.3. The number of pyridine rings is 1. The maximum atomic E-state index is 5.35. The van der Waals surface area contributed by atoms with Crippen LogP contribution in [-0.4, -0.2) is 4.98 Å². The minimum atomic E-state index is 0.442. The van der Waals surface area contributed by atoms with Crippen LogP contribution in [0, 0.1) is 13.8 Å². The van der Waals surface area contributed by atoms with Crippen LogP contribution < -0.4 is 0 Å². The molecule has 34 heavy (non-hydrogen) atoms. The van der Waals surface area contributed by atoms with E-state index in [1.165, 1.54) is 60.8 Å². The Labute approximate surface area is 202 Å². The molecule has 0 saturated carbocycles. The molecule has 0 unspecified atom stereocenters. The molecular formula is C33H29N. The minimum Gasteiger partial charge on any atom is -0.247 e. The van der Waals surface area contributed by atoms with Gasteiger partial charge < -0.3 is 0 Å². The van der Waals surface area contributed by atoms with Crippen molar-refractivity contribution in [2.45, 2.75) is 40.0 Å². The Morgan fingerprint density at radius 3 is 2.24 bits per heavy atom. The van der Waals surface area contributed by atoms with Gasteiger partial charge >= 0.3 is 0 Å². The van der Waals surface area contributed by atoms with E-state index < -0.39 is 0 Å². The Morgan fingerprint density at radius 2 is 1.44 bits per heavy atom. The van der Waals surface area contributed by atoms with Gasteiger partial charge in [0.05, 0.1) is 11.4 Å². The lowest BCUT2D eigenvalue weighted by atomic mass is 9.90.